The second-order valence-electron chi connectivity index (χ2n) is 19.7. The van der Waals surface area contributed by atoms with Crippen molar-refractivity contribution in [2.45, 2.75) is 115 Å². The highest BCUT2D eigenvalue weighted by Gasteiger charge is 2.34. The van der Waals surface area contributed by atoms with Crippen molar-refractivity contribution in [3.63, 3.8) is 0 Å². The minimum Gasteiger partial charge on any atom is -0.382 e. The molecule has 0 radical (unpaired) electrons. The van der Waals surface area contributed by atoms with Crippen molar-refractivity contribution in [2.24, 2.45) is 5.92 Å². The molecule has 5 N–H and O–H groups in total. The van der Waals surface area contributed by atoms with Gasteiger partial charge < -0.3 is 30.7 Å². The molecule has 2 bridgehead atoms. The third-order valence-corrected chi connectivity index (χ3v) is 13.8. The molecule has 3 aromatic heterocycles. The second-order valence-corrected chi connectivity index (χ2v) is 19.7. The van der Waals surface area contributed by atoms with Gasteiger partial charge in [0, 0.05) is 73.9 Å². The fraction of sp³-hybridized carbons (Fsp3) is 0.451. The molecule has 3 atom stereocenters. The predicted octanol–water partition coefficient (Wildman–Crippen LogP) is 6.80. The molecule has 1 unspecified atom stereocenters. The largest absolute Gasteiger partial charge is 0.382 e. The first-order valence-corrected chi connectivity index (χ1v) is 23.8. The number of piperidine rings is 2. The Bertz CT molecular complexity index is 2770. The number of hydrogen-bond donors (Lipinski definition) is 4. The molecule has 1 aliphatic carbocycles. The Labute approximate surface area is 394 Å². The van der Waals surface area contributed by atoms with Crippen molar-refractivity contribution in [1.29, 1.82) is 0 Å². The quantitative estimate of drug-likeness (QED) is 0.125. The lowest BCUT2D eigenvalue weighted by atomic mass is 9.85. The van der Waals surface area contributed by atoms with E-state index in [1.807, 2.05) is 62.1 Å². The van der Waals surface area contributed by atoms with Crippen LogP contribution in [0.4, 0.5) is 21.7 Å². The molecule has 9 rings (SSSR count). The van der Waals surface area contributed by atoms with E-state index in [0.717, 1.165) is 41.9 Å². The van der Waals surface area contributed by atoms with Crippen LogP contribution in [0.15, 0.2) is 65.3 Å². The van der Waals surface area contributed by atoms with E-state index in [9.17, 15) is 24.0 Å². The standard InChI is InChI=1S/C51H59FN10O6/c1-51(2,3)40-28-41(59-68-40)56-44(65)25-30-10-12-31(13-11-30)45-46-47(53)54-29-36-9-4-5-21-61(24-20-43(64)55-35-8-6-7-34(26-35)48(58-45)62(36)46)50(67)32-18-22-60(23-19-32)39-16-14-33(27-38(39)52)37-15-17-42(63)57-49(37)66/h4,9-14,16,27-29,32,34-35,37H,5-8,15,17-26H2,1-3H3,(H2,53,54)(H,55,64)(H,56,59,65)(H,57,63,66)/b9-4+/t34-,35-,37?/m1/s1. The Balaban J connectivity index is 0.905. The van der Waals surface area contributed by atoms with E-state index >= 15 is 4.39 Å². The first-order valence-electron chi connectivity index (χ1n) is 23.8. The lowest BCUT2D eigenvalue weighted by molar-refractivity contribution is -0.137. The lowest BCUT2D eigenvalue weighted by Crippen LogP contribution is -2.45. The molecule has 2 saturated heterocycles. The van der Waals surface area contributed by atoms with Crippen LogP contribution in [0.3, 0.4) is 0 Å². The minimum atomic E-state index is -0.575. The summed E-state index contributed by atoms with van der Waals surface area (Å²) in [4.78, 5) is 78.5. The molecular weight excluding hydrogens is 868 g/mol. The van der Waals surface area contributed by atoms with Crippen LogP contribution < -0.4 is 26.6 Å². The van der Waals surface area contributed by atoms with Gasteiger partial charge in [-0.3, -0.25) is 33.7 Å². The Kier molecular flexibility index (Phi) is 13.2. The number of amides is 5. The predicted molar refractivity (Wildman–Crippen MR) is 255 cm³/mol. The number of nitrogens with zero attached hydrogens (tertiary/aromatic N) is 6. The lowest BCUT2D eigenvalue weighted by Gasteiger charge is -2.36. The van der Waals surface area contributed by atoms with E-state index in [1.54, 1.807) is 29.3 Å². The average Bonchev–Trinajstić information content (AvgIpc) is 3.96. The number of halogens is 1. The summed E-state index contributed by atoms with van der Waals surface area (Å²) >= 11 is 0. The monoisotopic (exact) mass is 926 g/mol. The fourth-order valence-electron chi connectivity index (χ4n) is 10.1. The number of nitrogen functional groups attached to an aromatic ring is 1. The van der Waals surface area contributed by atoms with Crippen molar-refractivity contribution >= 4 is 58.5 Å². The van der Waals surface area contributed by atoms with Crippen LogP contribution in [-0.2, 0) is 35.8 Å². The number of carbonyl (C=O) groups excluding carboxylic acids is 5. The van der Waals surface area contributed by atoms with Crippen LogP contribution in [0.25, 0.3) is 22.9 Å². The van der Waals surface area contributed by atoms with Gasteiger partial charge in [0.05, 0.1) is 29.9 Å². The zero-order chi connectivity index (χ0) is 47.7. The van der Waals surface area contributed by atoms with Crippen LogP contribution in [-0.4, -0.2) is 86.2 Å². The highest BCUT2D eigenvalue weighted by Crippen LogP contribution is 2.39. The summed E-state index contributed by atoms with van der Waals surface area (Å²) < 4.78 is 23.1. The molecule has 5 aromatic rings. The van der Waals surface area contributed by atoms with Crippen molar-refractivity contribution < 1.29 is 32.9 Å². The number of imidazole rings is 1. The van der Waals surface area contributed by atoms with Gasteiger partial charge in [-0.15, -0.1) is 0 Å². The van der Waals surface area contributed by atoms with Gasteiger partial charge in [-0.25, -0.2) is 14.4 Å². The molecule has 3 aliphatic heterocycles. The smallest absolute Gasteiger partial charge is 0.234 e. The van der Waals surface area contributed by atoms with Crippen LogP contribution in [0.1, 0.15) is 125 Å². The summed E-state index contributed by atoms with van der Waals surface area (Å²) in [5.74, 6) is -0.117. The number of aromatic nitrogens is 4. The molecule has 3 fully saturated rings. The summed E-state index contributed by atoms with van der Waals surface area (Å²) in [7, 11) is 0. The van der Waals surface area contributed by atoms with Gasteiger partial charge in [-0.05, 0) is 74.3 Å². The number of fused-ring (bicyclic) bond motifs is 3. The highest BCUT2D eigenvalue weighted by molar-refractivity contribution is 6.01. The van der Waals surface area contributed by atoms with Gasteiger partial charge in [0.1, 0.15) is 34.4 Å². The normalized spacial score (nSPS) is 21.4. The Morgan fingerprint density at radius 1 is 0.941 bits per heavy atom. The topological polar surface area (TPSA) is 210 Å². The van der Waals surface area contributed by atoms with Gasteiger partial charge in [0.2, 0.25) is 29.5 Å². The van der Waals surface area contributed by atoms with Crippen molar-refractivity contribution in [3.05, 3.63) is 95.0 Å². The van der Waals surface area contributed by atoms with Gasteiger partial charge in [0.25, 0.3) is 0 Å². The summed E-state index contributed by atoms with van der Waals surface area (Å²) in [6, 6.07) is 14.2. The average molecular weight is 927 g/mol. The maximum absolute atomic E-state index is 15.5. The SMILES string of the molecule is CC(C)(C)c1cc(NC(=O)Cc2ccc(-c3nc4n5c(cnc(N)c35)/C=C/CCN(C(=O)C3CCN(c5ccc(C6CCC(=O)NC6=O)cc5F)CC3)CCC(=O)N[C@@H]3CCC[C@@H]4C3)cc2)no1. The number of anilines is 3. The summed E-state index contributed by atoms with van der Waals surface area (Å²) in [5, 5.41) is 12.5. The molecule has 5 amide bonds. The number of carbonyl (C=O) groups is 5. The number of hydrogen-bond acceptors (Lipinski definition) is 11. The van der Waals surface area contributed by atoms with Crippen molar-refractivity contribution in [1.82, 2.24) is 35.1 Å². The van der Waals surface area contributed by atoms with E-state index in [-0.39, 0.29) is 72.7 Å². The van der Waals surface area contributed by atoms with E-state index in [0.29, 0.717) is 91.6 Å². The second kappa shape index (κ2) is 19.4. The Hall–Kier alpha value is -6.91. The number of rotatable bonds is 7. The van der Waals surface area contributed by atoms with E-state index < -0.39 is 17.6 Å². The fourth-order valence-corrected chi connectivity index (χ4v) is 10.1. The van der Waals surface area contributed by atoms with E-state index in [1.165, 1.54) is 6.07 Å². The summed E-state index contributed by atoms with van der Waals surface area (Å²) in [6.45, 7) is 7.67. The van der Waals surface area contributed by atoms with Gasteiger partial charge in [-0.2, -0.15) is 0 Å². The molecular formula is C51H59FN10O6. The number of nitrogens with two attached hydrogens (primary N) is 1. The summed E-state index contributed by atoms with van der Waals surface area (Å²) in [5.41, 5.74) is 11.2. The minimum absolute atomic E-state index is 0.0176. The van der Waals surface area contributed by atoms with Gasteiger partial charge in [-0.1, -0.05) is 68.8 Å². The zero-order valence-corrected chi connectivity index (χ0v) is 38.9. The van der Waals surface area contributed by atoms with E-state index in [2.05, 4.69) is 30.5 Å². The number of imide groups is 1. The number of benzene rings is 2. The van der Waals surface area contributed by atoms with Crippen LogP contribution >= 0.6 is 0 Å². The molecule has 17 heteroatoms. The van der Waals surface area contributed by atoms with Crippen molar-refractivity contribution in [2.75, 3.05) is 42.1 Å². The third-order valence-electron chi connectivity index (χ3n) is 13.8. The maximum Gasteiger partial charge on any atom is 0.234 e. The molecule has 356 valence electrons. The molecule has 0 spiro atoms. The third kappa shape index (κ3) is 10.0. The molecule has 2 aromatic carbocycles. The molecule has 16 nitrogen and oxygen atoms in total. The first-order chi connectivity index (χ1) is 32.7. The highest BCUT2D eigenvalue weighted by atomic mass is 19.1. The molecule has 4 aliphatic rings. The molecule has 68 heavy (non-hydrogen) atoms. The Morgan fingerprint density at radius 3 is 2.47 bits per heavy atom. The Morgan fingerprint density at radius 2 is 1.74 bits per heavy atom. The van der Waals surface area contributed by atoms with Crippen LogP contribution in [0.5, 0.6) is 0 Å². The zero-order valence-electron chi connectivity index (χ0n) is 38.9. The van der Waals surface area contributed by atoms with Crippen LogP contribution in [0.2, 0.25) is 0 Å². The summed E-state index contributed by atoms with van der Waals surface area (Å²) in [6.07, 6.45) is 11.5. The van der Waals surface area contributed by atoms with Crippen molar-refractivity contribution in [3.8, 4) is 11.3 Å². The van der Waals surface area contributed by atoms with Crippen LogP contribution in [0, 0.1) is 11.7 Å². The first kappa shape index (κ1) is 46.2. The maximum atomic E-state index is 15.5. The van der Waals surface area contributed by atoms with Gasteiger partial charge >= 0.3 is 0 Å². The van der Waals surface area contributed by atoms with E-state index in [4.69, 9.17) is 15.2 Å². The molecule has 6 heterocycles. The van der Waals surface area contributed by atoms with Gasteiger partial charge in [0.15, 0.2) is 5.82 Å². The molecule has 1 saturated carbocycles. The number of nitrogens with one attached hydrogen (secondary N) is 3.